The summed E-state index contributed by atoms with van der Waals surface area (Å²) in [6.07, 6.45) is 0.774. The number of esters is 1. The third kappa shape index (κ3) is 1.72. The van der Waals surface area contributed by atoms with E-state index < -0.39 is 11.8 Å². The highest BCUT2D eigenvalue weighted by atomic mass is 19.1. The Morgan fingerprint density at radius 2 is 2.33 bits per heavy atom. The summed E-state index contributed by atoms with van der Waals surface area (Å²) in [7, 11) is 0. The largest absolute Gasteiger partial charge is 0.459 e. The lowest BCUT2D eigenvalue weighted by Gasteiger charge is -2.05. The van der Waals surface area contributed by atoms with E-state index in [9.17, 15) is 9.18 Å². The van der Waals surface area contributed by atoms with Gasteiger partial charge in [0.25, 0.3) is 0 Å². The van der Waals surface area contributed by atoms with E-state index in [-0.39, 0.29) is 17.3 Å². The Labute approximate surface area is 85.0 Å². The quantitative estimate of drug-likeness (QED) is 0.776. The molecule has 0 saturated heterocycles. The SMILES string of the molecule is CC(C)OC(=O)c1cc2occ(F)c2[nH]1. The van der Waals surface area contributed by atoms with Crippen LogP contribution < -0.4 is 0 Å². The van der Waals surface area contributed by atoms with Gasteiger partial charge in [-0.1, -0.05) is 0 Å². The van der Waals surface area contributed by atoms with Crippen LogP contribution in [0.1, 0.15) is 24.3 Å². The molecule has 1 N–H and O–H groups in total. The number of aromatic nitrogens is 1. The second-order valence-electron chi connectivity index (χ2n) is 3.46. The monoisotopic (exact) mass is 211 g/mol. The average Bonchev–Trinajstić information content (AvgIpc) is 2.67. The van der Waals surface area contributed by atoms with Gasteiger partial charge >= 0.3 is 5.97 Å². The number of carbonyl (C=O) groups excluding carboxylic acids is 1. The Hall–Kier alpha value is -1.78. The van der Waals surface area contributed by atoms with Crippen LogP contribution in [0.15, 0.2) is 16.7 Å². The number of ether oxygens (including phenoxy) is 1. The molecule has 0 radical (unpaired) electrons. The standard InChI is InChI=1S/C10H10FNO3/c1-5(2)15-10(13)7-3-8-9(12-7)6(11)4-14-8/h3-5,12H,1-2H3. The smallest absolute Gasteiger partial charge is 0.355 e. The molecule has 80 valence electrons. The molecule has 2 heterocycles. The fraction of sp³-hybridized carbons (Fsp3) is 0.300. The van der Waals surface area contributed by atoms with Crippen LogP contribution in [0.3, 0.4) is 0 Å². The van der Waals surface area contributed by atoms with Gasteiger partial charge in [-0.05, 0) is 13.8 Å². The van der Waals surface area contributed by atoms with Gasteiger partial charge < -0.3 is 14.1 Å². The topological polar surface area (TPSA) is 55.2 Å². The van der Waals surface area contributed by atoms with Gasteiger partial charge in [-0.25, -0.2) is 9.18 Å². The van der Waals surface area contributed by atoms with Gasteiger partial charge in [0.05, 0.1) is 6.10 Å². The molecule has 2 aromatic rings. The van der Waals surface area contributed by atoms with E-state index >= 15 is 0 Å². The van der Waals surface area contributed by atoms with Crippen LogP contribution in [-0.2, 0) is 4.74 Å². The van der Waals surface area contributed by atoms with Gasteiger partial charge in [-0.15, -0.1) is 0 Å². The molecule has 0 atom stereocenters. The molecule has 15 heavy (non-hydrogen) atoms. The molecule has 2 rings (SSSR count). The second kappa shape index (κ2) is 3.42. The summed E-state index contributed by atoms with van der Waals surface area (Å²) in [6, 6.07) is 1.42. The van der Waals surface area contributed by atoms with Crippen LogP contribution in [0, 0.1) is 5.82 Å². The number of H-pyrrole nitrogens is 1. The van der Waals surface area contributed by atoms with Crippen LogP contribution in [0.4, 0.5) is 4.39 Å². The van der Waals surface area contributed by atoms with Gasteiger partial charge in [0.15, 0.2) is 11.4 Å². The summed E-state index contributed by atoms with van der Waals surface area (Å²) in [4.78, 5) is 14.0. The number of carbonyl (C=O) groups is 1. The van der Waals surface area contributed by atoms with E-state index in [1.54, 1.807) is 13.8 Å². The molecule has 0 saturated carbocycles. The zero-order valence-electron chi connectivity index (χ0n) is 8.33. The molecule has 0 spiro atoms. The summed E-state index contributed by atoms with van der Waals surface area (Å²) in [5, 5.41) is 0. The second-order valence-corrected chi connectivity index (χ2v) is 3.46. The molecule has 0 fully saturated rings. The van der Waals surface area contributed by atoms with Crippen molar-refractivity contribution in [3.8, 4) is 0 Å². The molecule has 0 unspecified atom stereocenters. The number of halogens is 1. The van der Waals surface area contributed by atoms with Crippen molar-refractivity contribution in [3.05, 3.63) is 23.8 Å². The van der Waals surface area contributed by atoms with E-state index in [4.69, 9.17) is 9.15 Å². The van der Waals surface area contributed by atoms with Gasteiger partial charge in [0, 0.05) is 6.07 Å². The van der Waals surface area contributed by atoms with Gasteiger partial charge in [-0.2, -0.15) is 0 Å². The van der Waals surface area contributed by atoms with Crippen LogP contribution in [0.5, 0.6) is 0 Å². The van der Waals surface area contributed by atoms with Gasteiger partial charge in [0.2, 0.25) is 0 Å². The number of rotatable bonds is 2. The van der Waals surface area contributed by atoms with E-state index in [1.807, 2.05) is 0 Å². The molecule has 4 nitrogen and oxygen atoms in total. The normalized spacial score (nSPS) is 11.2. The predicted octanol–water partition coefficient (Wildman–Crippen LogP) is 2.47. The van der Waals surface area contributed by atoms with Crippen molar-refractivity contribution in [2.75, 3.05) is 0 Å². The zero-order chi connectivity index (χ0) is 11.0. The highest BCUT2D eigenvalue weighted by Gasteiger charge is 2.16. The Bertz CT molecular complexity index is 498. The van der Waals surface area contributed by atoms with Crippen molar-refractivity contribution in [1.82, 2.24) is 4.98 Å². The Morgan fingerprint density at radius 3 is 2.93 bits per heavy atom. The van der Waals surface area contributed by atoms with Gasteiger partial charge in [0.1, 0.15) is 17.5 Å². The minimum absolute atomic E-state index is 0.186. The minimum Gasteiger partial charge on any atom is -0.459 e. The third-order valence-corrected chi connectivity index (χ3v) is 1.87. The maximum Gasteiger partial charge on any atom is 0.355 e. The minimum atomic E-state index is -0.520. The molecule has 0 aliphatic heterocycles. The average molecular weight is 211 g/mol. The van der Waals surface area contributed by atoms with E-state index in [2.05, 4.69) is 4.98 Å². The molecule has 2 aromatic heterocycles. The lowest BCUT2D eigenvalue weighted by molar-refractivity contribution is 0.0372. The number of hydrogen-bond acceptors (Lipinski definition) is 3. The van der Waals surface area contributed by atoms with Crippen LogP contribution in [0.2, 0.25) is 0 Å². The first-order valence-electron chi connectivity index (χ1n) is 4.54. The van der Waals surface area contributed by atoms with E-state index in [1.165, 1.54) is 6.07 Å². The fourth-order valence-corrected chi connectivity index (χ4v) is 1.27. The first-order chi connectivity index (χ1) is 7.08. The summed E-state index contributed by atoms with van der Waals surface area (Å²) >= 11 is 0. The van der Waals surface area contributed by atoms with Crippen molar-refractivity contribution in [3.63, 3.8) is 0 Å². The highest BCUT2D eigenvalue weighted by Crippen LogP contribution is 2.20. The first-order valence-corrected chi connectivity index (χ1v) is 4.54. The lowest BCUT2D eigenvalue weighted by Crippen LogP contribution is -2.11. The maximum atomic E-state index is 13.0. The number of fused-ring (bicyclic) bond motifs is 1. The van der Waals surface area contributed by atoms with Crippen molar-refractivity contribution >= 4 is 17.1 Å². The molecular weight excluding hydrogens is 201 g/mol. The maximum absolute atomic E-state index is 13.0. The van der Waals surface area contributed by atoms with Crippen molar-refractivity contribution in [2.24, 2.45) is 0 Å². The number of hydrogen-bond donors (Lipinski definition) is 1. The van der Waals surface area contributed by atoms with E-state index in [0.29, 0.717) is 5.58 Å². The Kier molecular flexibility index (Phi) is 2.22. The molecule has 0 amide bonds. The molecule has 0 aliphatic carbocycles. The number of aromatic amines is 1. The summed E-state index contributed by atoms with van der Waals surface area (Å²) in [5.41, 5.74) is 0.686. The molecule has 0 bridgehead atoms. The summed E-state index contributed by atoms with van der Waals surface area (Å²) < 4.78 is 22.8. The predicted molar refractivity (Wildman–Crippen MR) is 51.1 cm³/mol. The Balaban J connectivity index is 2.32. The van der Waals surface area contributed by atoms with Crippen LogP contribution >= 0.6 is 0 Å². The van der Waals surface area contributed by atoms with Crippen LogP contribution in [0.25, 0.3) is 11.1 Å². The van der Waals surface area contributed by atoms with Crippen molar-refractivity contribution in [1.29, 1.82) is 0 Å². The summed E-state index contributed by atoms with van der Waals surface area (Å²) in [6.45, 7) is 3.48. The molecular formula is C10H10FNO3. The fourth-order valence-electron chi connectivity index (χ4n) is 1.27. The van der Waals surface area contributed by atoms with Crippen molar-refractivity contribution in [2.45, 2.75) is 20.0 Å². The Morgan fingerprint density at radius 1 is 1.60 bits per heavy atom. The van der Waals surface area contributed by atoms with Gasteiger partial charge in [-0.3, -0.25) is 0 Å². The molecule has 0 aliphatic rings. The number of furan rings is 1. The third-order valence-electron chi connectivity index (χ3n) is 1.87. The first kappa shape index (κ1) is 9.76. The van der Waals surface area contributed by atoms with E-state index in [0.717, 1.165) is 6.26 Å². The number of nitrogens with one attached hydrogen (secondary N) is 1. The highest BCUT2D eigenvalue weighted by molar-refractivity contribution is 5.93. The molecule has 5 heteroatoms. The lowest BCUT2D eigenvalue weighted by atomic mass is 10.4. The summed E-state index contributed by atoms with van der Waals surface area (Å²) in [5.74, 6) is -1.04. The van der Waals surface area contributed by atoms with Crippen LogP contribution in [-0.4, -0.2) is 17.1 Å². The zero-order valence-corrected chi connectivity index (χ0v) is 8.33. The van der Waals surface area contributed by atoms with Crippen molar-refractivity contribution < 1.29 is 18.3 Å². The molecule has 0 aromatic carbocycles.